The molecule has 0 saturated carbocycles. The molecule has 0 spiro atoms. The molecular weight excluding hydrogens is 354 g/mol. The fraction of sp³-hybridized carbons (Fsp3) is 0.105. The number of aryl methyl sites for hydroxylation is 1. The summed E-state index contributed by atoms with van der Waals surface area (Å²) in [6, 6.07) is 16.6. The molecule has 0 atom stereocenters. The van der Waals surface area contributed by atoms with E-state index in [1.54, 1.807) is 28.5 Å². The van der Waals surface area contributed by atoms with Crippen molar-refractivity contribution in [3.8, 4) is 6.07 Å². The minimum Gasteiger partial charge on any atom is -0.301 e. The molecule has 0 aliphatic rings. The summed E-state index contributed by atoms with van der Waals surface area (Å²) < 4.78 is 0. The molecule has 0 aliphatic heterocycles. The van der Waals surface area contributed by atoms with Gasteiger partial charge in [0.05, 0.1) is 22.8 Å². The van der Waals surface area contributed by atoms with Gasteiger partial charge in [0.15, 0.2) is 0 Å². The maximum atomic E-state index is 13.1. The molecule has 0 aliphatic carbocycles. The summed E-state index contributed by atoms with van der Waals surface area (Å²) in [7, 11) is 0. The normalized spacial score (nSPS) is 10.3. The quantitative estimate of drug-likeness (QED) is 0.664. The molecule has 0 N–H and O–H groups in total. The van der Waals surface area contributed by atoms with Gasteiger partial charge in [-0.05, 0) is 30.7 Å². The third-order valence-corrected chi connectivity index (χ3v) is 4.65. The number of rotatable bonds is 4. The lowest BCUT2D eigenvalue weighted by molar-refractivity contribution is 0.0981. The molecule has 0 unspecified atom stereocenters. The fourth-order valence-electron chi connectivity index (χ4n) is 2.45. The monoisotopic (exact) mass is 367 g/mol. The van der Waals surface area contributed by atoms with E-state index in [1.165, 1.54) is 11.3 Å². The van der Waals surface area contributed by atoms with Crippen molar-refractivity contribution in [2.24, 2.45) is 0 Å². The van der Waals surface area contributed by atoms with Gasteiger partial charge in [-0.15, -0.1) is 11.3 Å². The first kappa shape index (κ1) is 17.2. The van der Waals surface area contributed by atoms with E-state index < -0.39 is 0 Å². The first-order valence-corrected chi connectivity index (χ1v) is 8.82. The van der Waals surface area contributed by atoms with Gasteiger partial charge in [0.2, 0.25) is 0 Å². The van der Waals surface area contributed by atoms with Gasteiger partial charge in [0.1, 0.15) is 11.8 Å². The van der Waals surface area contributed by atoms with Crippen LogP contribution >= 0.6 is 22.9 Å². The average molecular weight is 368 g/mol. The lowest BCUT2D eigenvalue weighted by Gasteiger charge is -2.23. The molecule has 3 rings (SSSR count). The van der Waals surface area contributed by atoms with E-state index in [2.05, 4.69) is 11.1 Å². The van der Waals surface area contributed by atoms with Crippen molar-refractivity contribution in [2.75, 3.05) is 4.90 Å². The number of halogens is 1. The summed E-state index contributed by atoms with van der Waals surface area (Å²) in [6.45, 7) is 2.17. The smallest absolute Gasteiger partial charge is 0.278 e. The van der Waals surface area contributed by atoms with Crippen LogP contribution in [0.4, 0.5) is 5.69 Å². The molecular formula is C19H14ClN3OS. The van der Waals surface area contributed by atoms with E-state index in [0.29, 0.717) is 28.5 Å². The highest BCUT2D eigenvalue weighted by Gasteiger charge is 2.23. The topological polar surface area (TPSA) is 57.0 Å². The van der Waals surface area contributed by atoms with Crippen molar-refractivity contribution >= 4 is 34.5 Å². The van der Waals surface area contributed by atoms with Crippen LogP contribution in [0.3, 0.4) is 0 Å². The highest BCUT2D eigenvalue weighted by Crippen LogP contribution is 2.28. The van der Waals surface area contributed by atoms with Crippen LogP contribution in [0.1, 0.15) is 26.6 Å². The number of carbonyl (C=O) groups excluding carboxylic acids is 1. The fourth-order valence-corrected chi connectivity index (χ4v) is 3.21. The number of hydrogen-bond acceptors (Lipinski definition) is 4. The number of nitrogens with zero attached hydrogens (tertiary/aromatic N) is 3. The number of carbonyl (C=O) groups is 1. The minimum absolute atomic E-state index is 0.257. The molecule has 0 saturated heterocycles. The Bertz CT molecular complexity index is 947. The number of thiazole rings is 1. The zero-order valence-corrected chi connectivity index (χ0v) is 15.0. The minimum atomic E-state index is -0.257. The lowest BCUT2D eigenvalue weighted by Crippen LogP contribution is -2.31. The third-order valence-electron chi connectivity index (χ3n) is 3.64. The second-order valence-electron chi connectivity index (χ2n) is 5.40. The largest absolute Gasteiger partial charge is 0.301 e. The summed E-state index contributed by atoms with van der Waals surface area (Å²) in [6.07, 6.45) is 0. The number of nitriles is 1. The first-order chi connectivity index (χ1) is 12.1. The van der Waals surface area contributed by atoms with Gasteiger partial charge in [-0.2, -0.15) is 5.26 Å². The highest BCUT2D eigenvalue weighted by atomic mass is 35.5. The molecule has 1 aromatic heterocycles. The van der Waals surface area contributed by atoms with E-state index in [9.17, 15) is 10.1 Å². The van der Waals surface area contributed by atoms with Gasteiger partial charge in [-0.1, -0.05) is 41.9 Å². The average Bonchev–Trinajstić information content (AvgIpc) is 3.06. The van der Waals surface area contributed by atoms with Gasteiger partial charge in [-0.3, -0.25) is 4.79 Å². The molecule has 1 heterocycles. The maximum Gasteiger partial charge on any atom is 0.278 e. The van der Waals surface area contributed by atoms with Gasteiger partial charge in [0, 0.05) is 10.4 Å². The van der Waals surface area contributed by atoms with Crippen molar-refractivity contribution in [3.05, 3.63) is 80.8 Å². The second kappa shape index (κ2) is 7.47. The Morgan fingerprint density at radius 3 is 2.68 bits per heavy atom. The Morgan fingerprint density at radius 1 is 1.28 bits per heavy atom. The van der Waals surface area contributed by atoms with Crippen LogP contribution in [-0.4, -0.2) is 10.9 Å². The number of benzene rings is 2. The molecule has 0 radical (unpaired) electrons. The van der Waals surface area contributed by atoms with Crippen LogP contribution in [0.15, 0.2) is 53.9 Å². The van der Waals surface area contributed by atoms with Crippen molar-refractivity contribution in [1.29, 1.82) is 5.26 Å². The third kappa shape index (κ3) is 3.87. The van der Waals surface area contributed by atoms with Crippen molar-refractivity contribution in [1.82, 2.24) is 4.98 Å². The van der Waals surface area contributed by atoms with Crippen LogP contribution in [0, 0.1) is 18.3 Å². The molecule has 0 bridgehead atoms. The number of aromatic nitrogens is 1. The molecule has 1 amide bonds. The zero-order valence-electron chi connectivity index (χ0n) is 13.4. The van der Waals surface area contributed by atoms with E-state index in [-0.39, 0.29) is 5.91 Å². The maximum absolute atomic E-state index is 13.1. The first-order valence-electron chi connectivity index (χ1n) is 7.56. The van der Waals surface area contributed by atoms with Crippen molar-refractivity contribution < 1.29 is 4.79 Å². The number of hydrogen-bond donors (Lipinski definition) is 0. The van der Waals surface area contributed by atoms with Gasteiger partial charge >= 0.3 is 0 Å². The van der Waals surface area contributed by atoms with Crippen LogP contribution in [0.2, 0.25) is 5.02 Å². The summed E-state index contributed by atoms with van der Waals surface area (Å²) in [4.78, 5) is 18.9. The Hall–Kier alpha value is -2.68. The Kier molecular flexibility index (Phi) is 5.13. The zero-order chi connectivity index (χ0) is 17.8. The van der Waals surface area contributed by atoms with Gasteiger partial charge in [0.25, 0.3) is 5.91 Å². The summed E-state index contributed by atoms with van der Waals surface area (Å²) in [5.41, 5.74) is 2.18. The van der Waals surface area contributed by atoms with Crippen LogP contribution < -0.4 is 4.90 Å². The van der Waals surface area contributed by atoms with E-state index in [1.807, 2.05) is 37.3 Å². The number of anilines is 1. The SMILES string of the molecule is Cc1nc(C(=O)N(Cc2ccccc2)c2cc(Cl)ccc2C#N)cs1. The van der Waals surface area contributed by atoms with Crippen LogP contribution in [-0.2, 0) is 6.54 Å². The van der Waals surface area contributed by atoms with Gasteiger partial charge in [-0.25, -0.2) is 4.98 Å². The van der Waals surface area contributed by atoms with Crippen LogP contribution in [0.25, 0.3) is 0 Å². The van der Waals surface area contributed by atoms with Crippen molar-refractivity contribution in [3.63, 3.8) is 0 Å². The predicted octanol–water partition coefficient (Wildman–Crippen LogP) is 4.82. The molecule has 6 heteroatoms. The molecule has 25 heavy (non-hydrogen) atoms. The summed E-state index contributed by atoms with van der Waals surface area (Å²) >= 11 is 7.53. The Morgan fingerprint density at radius 2 is 2.04 bits per heavy atom. The second-order valence-corrected chi connectivity index (χ2v) is 6.90. The molecule has 124 valence electrons. The standard InChI is InChI=1S/C19H14ClN3OS/c1-13-22-17(12-25-13)19(24)23(11-14-5-3-2-4-6-14)18-9-16(20)8-7-15(18)10-21/h2-9,12H,11H2,1H3. The summed E-state index contributed by atoms with van der Waals surface area (Å²) in [5, 5.41) is 12.4. The van der Waals surface area contributed by atoms with Crippen LogP contribution in [0.5, 0.6) is 0 Å². The molecule has 4 nitrogen and oxygen atoms in total. The Labute approximate surface area is 154 Å². The lowest BCUT2D eigenvalue weighted by atomic mass is 10.1. The molecule has 0 fully saturated rings. The Balaban J connectivity index is 2.07. The molecule has 3 aromatic rings. The van der Waals surface area contributed by atoms with E-state index in [4.69, 9.17) is 11.6 Å². The van der Waals surface area contributed by atoms with Crippen molar-refractivity contribution in [2.45, 2.75) is 13.5 Å². The molecule has 2 aromatic carbocycles. The highest BCUT2D eigenvalue weighted by molar-refractivity contribution is 7.09. The van der Waals surface area contributed by atoms with E-state index in [0.717, 1.165) is 10.6 Å². The number of amides is 1. The summed E-state index contributed by atoms with van der Waals surface area (Å²) in [5.74, 6) is -0.257. The van der Waals surface area contributed by atoms with E-state index >= 15 is 0 Å². The van der Waals surface area contributed by atoms with Gasteiger partial charge < -0.3 is 4.90 Å². The predicted molar refractivity (Wildman–Crippen MR) is 100.0 cm³/mol.